The molecule has 2 rings (SSSR count). The monoisotopic (exact) mass is 338 g/mol. The van der Waals surface area contributed by atoms with Crippen LogP contribution in [0.3, 0.4) is 0 Å². The van der Waals surface area contributed by atoms with Crippen LogP contribution in [-0.4, -0.2) is 39.5 Å². The topological polar surface area (TPSA) is 70.5 Å². The molecule has 0 aliphatic carbocycles. The van der Waals surface area contributed by atoms with Crippen molar-refractivity contribution in [2.24, 2.45) is 0 Å². The Morgan fingerprint density at radius 2 is 1.95 bits per heavy atom. The summed E-state index contributed by atoms with van der Waals surface area (Å²) in [5, 5.41) is 11.9. The predicted octanol–water partition coefficient (Wildman–Crippen LogP) is 3.40. The summed E-state index contributed by atoms with van der Waals surface area (Å²) in [6.45, 7) is 3.20. The second-order valence-electron chi connectivity index (χ2n) is 4.97. The van der Waals surface area contributed by atoms with Crippen molar-refractivity contribution in [3.8, 4) is 10.6 Å². The van der Waals surface area contributed by atoms with E-state index < -0.39 is 5.97 Å². The highest BCUT2D eigenvalue weighted by molar-refractivity contribution is 7.13. The molecule has 0 bridgehead atoms. The van der Waals surface area contributed by atoms with Gasteiger partial charge in [0, 0.05) is 22.0 Å². The van der Waals surface area contributed by atoms with E-state index in [0.29, 0.717) is 10.0 Å². The number of thiazole rings is 1. The summed E-state index contributed by atoms with van der Waals surface area (Å²) in [5.74, 6) is -1.43. The number of carboxylic acids is 1. The summed E-state index contributed by atoms with van der Waals surface area (Å²) in [7, 11) is 0. The van der Waals surface area contributed by atoms with Crippen LogP contribution in [0.5, 0.6) is 0 Å². The van der Waals surface area contributed by atoms with Crippen LogP contribution in [0.2, 0.25) is 5.02 Å². The van der Waals surface area contributed by atoms with Gasteiger partial charge in [0.2, 0.25) is 0 Å². The molecular formula is C15H15ClN2O3S. The number of carbonyl (C=O) groups is 2. The lowest BCUT2D eigenvalue weighted by Gasteiger charge is -2.23. The van der Waals surface area contributed by atoms with Gasteiger partial charge in [0.05, 0.1) is 0 Å². The Kier molecular flexibility index (Phi) is 5.15. The van der Waals surface area contributed by atoms with Gasteiger partial charge in [-0.25, -0.2) is 4.98 Å². The average molecular weight is 339 g/mol. The largest absolute Gasteiger partial charge is 0.480 e. The second kappa shape index (κ2) is 6.89. The molecule has 0 unspecified atom stereocenters. The number of nitrogens with zero attached hydrogens (tertiary/aromatic N) is 2. The standard InChI is InChI=1S/C15H15ClN2O3S/c1-9(2)18(7-13(19)20)15(21)12-8-22-14(17-12)10-3-5-11(16)6-4-10/h3-6,8-9H,7H2,1-2H3,(H,19,20). The van der Waals surface area contributed by atoms with Crippen molar-refractivity contribution in [3.05, 3.63) is 40.4 Å². The minimum Gasteiger partial charge on any atom is -0.480 e. The zero-order valence-electron chi connectivity index (χ0n) is 12.1. The molecule has 1 heterocycles. The normalized spacial score (nSPS) is 10.7. The molecule has 0 aliphatic rings. The van der Waals surface area contributed by atoms with Gasteiger partial charge >= 0.3 is 5.97 Å². The highest BCUT2D eigenvalue weighted by Gasteiger charge is 2.23. The molecule has 1 aromatic carbocycles. The minimum absolute atomic E-state index is 0.218. The molecular weight excluding hydrogens is 324 g/mol. The van der Waals surface area contributed by atoms with Crippen LogP contribution in [-0.2, 0) is 4.79 Å². The maximum atomic E-state index is 12.4. The first kappa shape index (κ1) is 16.5. The van der Waals surface area contributed by atoms with Gasteiger partial charge in [0.15, 0.2) is 0 Å². The SMILES string of the molecule is CC(C)N(CC(=O)O)C(=O)c1csc(-c2ccc(Cl)cc2)n1. The third-order valence-electron chi connectivity index (χ3n) is 3.00. The van der Waals surface area contributed by atoms with Crippen molar-refractivity contribution in [1.29, 1.82) is 0 Å². The van der Waals surface area contributed by atoms with Crippen LogP contribution in [0, 0.1) is 0 Å². The third-order valence-corrected chi connectivity index (χ3v) is 4.15. The van der Waals surface area contributed by atoms with Crippen LogP contribution in [0.4, 0.5) is 0 Å². The molecule has 0 saturated carbocycles. The van der Waals surface area contributed by atoms with Gasteiger partial charge in [-0.15, -0.1) is 11.3 Å². The maximum Gasteiger partial charge on any atom is 0.323 e. The number of benzene rings is 1. The number of aliphatic carboxylic acids is 1. The molecule has 7 heteroatoms. The number of rotatable bonds is 5. The van der Waals surface area contributed by atoms with Gasteiger partial charge in [-0.2, -0.15) is 0 Å². The fourth-order valence-electron chi connectivity index (χ4n) is 1.88. The molecule has 0 spiro atoms. The number of aromatic nitrogens is 1. The molecule has 5 nitrogen and oxygen atoms in total. The van der Waals surface area contributed by atoms with Crippen LogP contribution in [0.15, 0.2) is 29.6 Å². The summed E-state index contributed by atoms with van der Waals surface area (Å²) in [6, 6.07) is 6.94. The summed E-state index contributed by atoms with van der Waals surface area (Å²) in [4.78, 5) is 28.9. The van der Waals surface area contributed by atoms with Crippen LogP contribution >= 0.6 is 22.9 Å². The second-order valence-corrected chi connectivity index (χ2v) is 6.26. The highest BCUT2D eigenvalue weighted by Crippen LogP contribution is 2.25. The quantitative estimate of drug-likeness (QED) is 0.907. The fraction of sp³-hybridized carbons (Fsp3) is 0.267. The first-order valence-electron chi connectivity index (χ1n) is 6.62. The van der Waals surface area contributed by atoms with Crippen molar-refractivity contribution >= 4 is 34.8 Å². The lowest BCUT2D eigenvalue weighted by Crippen LogP contribution is -2.40. The molecule has 2 aromatic rings. The molecule has 0 aliphatic heterocycles. The van der Waals surface area contributed by atoms with E-state index >= 15 is 0 Å². The zero-order valence-corrected chi connectivity index (χ0v) is 13.7. The van der Waals surface area contributed by atoms with E-state index in [-0.39, 0.29) is 24.2 Å². The Hall–Kier alpha value is -1.92. The summed E-state index contributed by atoms with van der Waals surface area (Å²) < 4.78 is 0. The number of halogens is 1. The van der Waals surface area contributed by atoms with Crippen molar-refractivity contribution in [1.82, 2.24) is 9.88 Å². The molecule has 0 radical (unpaired) electrons. The number of carbonyl (C=O) groups excluding carboxylic acids is 1. The van der Waals surface area contributed by atoms with E-state index in [1.54, 1.807) is 31.4 Å². The summed E-state index contributed by atoms with van der Waals surface area (Å²) >= 11 is 7.18. The van der Waals surface area contributed by atoms with Gasteiger partial charge in [-0.3, -0.25) is 9.59 Å². The maximum absolute atomic E-state index is 12.4. The van der Waals surface area contributed by atoms with E-state index in [9.17, 15) is 9.59 Å². The van der Waals surface area contributed by atoms with E-state index in [4.69, 9.17) is 16.7 Å². The van der Waals surface area contributed by atoms with Gasteiger partial charge in [-0.05, 0) is 26.0 Å². The van der Waals surface area contributed by atoms with E-state index in [0.717, 1.165) is 5.56 Å². The Morgan fingerprint density at radius 3 is 2.50 bits per heavy atom. The van der Waals surface area contributed by atoms with Gasteiger partial charge in [0.25, 0.3) is 5.91 Å². The molecule has 0 atom stereocenters. The summed E-state index contributed by atoms with van der Waals surface area (Å²) in [5.41, 5.74) is 1.12. The van der Waals surface area contributed by atoms with Crippen molar-refractivity contribution in [3.63, 3.8) is 0 Å². The van der Waals surface area contributed by atoms with Crippen molar-refractivity contribution in [2.45, 2.75) is 19.9 Å². The zero-order chi connectivity index (χ0) is 16.3. The molecule has 0 saturated heterocycles. The van der Waals surface area contributed by atoms with Crippen molar-refractivity contribution < 1.29 is 14.7 Å². The third kappa shape index (κ3) is 3.84. The van der Waals surface area contributed by atoms with E-state index in [1.807, 2.05) is 12.1 Å². The molecule has 0 fully saturated rings. The fourth-order valence-corrected chi connectivity index (χ4v) is 2.80. The van der Waals surface area contributed by atoms with E-state index in [2.05, 4.69) is 4.98 Å². The van der Waals surface area contributed by atoms with Gasteiger partial charge in [-0.1, -0.05) is 23.7 Å². The van der Waals surface area contributed by atoms with Crippen LogP contribution < -0.4 is 0 Å². The lowest BCUT2D eigenvalue weighted by molar-refractivity contribution is -0.138. The first-order chi connectivity index (χ1) is 10.4. The van der Waals surface area contributed by atoms with Gasteiger partial charge < -0.3 is 10.0 Å². The smallest absolute Gasteiger partial charge is 0.323 e. The number of carboxylic acid groups (broad SMARTS) is 1. The average Bonchev–Trinajstić information content (AvgIpc) is 2.94. The van der Waals surface area contributed by atoms with E-state index in [1.165, 1.54) is 16.2 Å². The molecule has 1 N–H and O–H groups in total. The number of hydrogen-bond acceptors (Lipinski definition) is 4. The molecule has 22 heavy (non-hydrogen) atoms. The Bertz CT molecular complexity index is 682. The molecule has 1 amide bonds. The summed E-state index contributed by atoms with van der Waals surface area (Å²) in [6.07, 6.45) is 0. The Morgan fingerprint density at radius 1 is 1.32 bits per heavy atom. The molecule has 1 aromatic heterocycles. The van der Waals surface area contributed by atoms with Gasteiger partial charge in [0.1, 0.15) is 17.2 Å². The van der Waals surface area contributed by atoms with Crippen LogP contribution in [0.25, 0.3) is 10.6 Å². The Labute approximate surface area is 137 Å². The number of hydrogen-bond donors (Lipinski definition) is 1. The first-order valence-corrected chi connectivity index (χ1v) is 7.88. The van der Waals surface area contributed by atoms with Crippen LogP contribution in [0.1, 0.15) is 24.3 Å². The highest BCUT2D eigenvalue weighted by atomic mass is 35.5. The minimum atomic E-state index is -1.05. The number of amides is 1. The van der Waals surface area contributed by atoms with Crippen molar-refractivity contribution in [2.75, 3.05) is 6.54 Å². The lowest BCUT2D eigenvalue weighted by atomic mass is 10.2. The predicted molar refractivity (Wildman–Crippen MR) is 86.4 cm³/mol. The Balaban J connectivity index is 2.24. The molecule has 116 valence electrons.